The first-order chi connectivity index (χ1) is 14.5. The van der Waals surface area contributed by atoms with Gasteiger partial charge < -0.3 is 10.1 Å². The van der Waals surface area contributed by atoms with Crippen molar-refractivity contribution in [1.29, 1.82) is 0 Å². The molecule has 0 saturated carbocycles. The number of hydrogen-bond acceptors (Lipinski definition) is 4. The minimum atomic E-state index is -0.385. The molecular weight excluding hydrogens is 402 g/mol. The van der Waals surface area contributed by atoms with E-state index in [1.807, 2.05) is 48.5 Å². The lowest BCUT2D eigenvalue weighted by molar-refractivity contribution is -0.114. The van der Waals surface area contributed by atoms with Gasteiger partial charge in [-0.15, -0.1) is 0 Å². The fourth-order valence-electron chi connectivity index (χ4n) is 2.63. The fourth-order valence-corrected chi connectivity index (χ4v) is 2.82. The number of anilines is 1. The van der Waals surface area contributed by atoms with Crippen LogP contribution in [0.1, 0.15) is 28.4 Å². The standard InChI is InChI=1S/C23H20ClN3O3/c1-16(28)26-20-9-5-8-18(13-20)23(29)27-25-14-17-6-4-10-21(12-17)30-15-19-7-2-3-11-22(19)24/h2-14H,15H2,1H3,(H,26,28)(H,27,29)/b25-14-. The summed E-state index contributed by atoms with van der Waals surface area (Å²) in [6.07, 6.45) is 1.53. The monoisotopic (exact) mass is 421 g/mol. The number of ether oxygens (including phenoxy) is 1. The smallest absolute Gasteiger partial charge is 0.271 e. The van der Waals surface area contributed by atoms with Gasteiger partial charge in [-0.3, -0.25) is 9.59 Å². The Balaban J connectivity index is 1.58. The predicted octanol–water partition coefficient (Wildman–Crippen LogP) is 4.64. The van der Waals surface area contributed by atoms with Crippen LogP contribution in [0.4, 0.5) is 5.69 Å². The quantitative estimate of drug-likeness (QED) is 0.430. The molecule has 0 aliphatic carbocycles. The average molecular weight is 422 g/mol. The van der Waals surface area contributed by atoms with E-state index in [4.69, 9.17) is 16.3 Å². The second-order valence-electron chi connectivity index (χ2n) is 6.41. The number of carbonyl (C=O) groups is 2. The Morgan fingerprint density at radius 2 is 1.83 bits per heavy atom. The molecule has 0 atom stereocenters. The van der Waals surface area contributed by atoms with E-state index in [0.717, 1.165) is 11.1 Å². The maximum absolute atomic E-state index is 12.3. The molecule has 3 aromatic rings. The SMILES string of the molecule is CC(=O)Nc1cccc(C(=O)N/N=C\c2cccc(OCc3ccccc3Cl)c2)c1. The van der Waals surface area contributed by atoms with Gasteiger partial charge in [0.2, 0.25) is 5.91 Å². The number of carbonyl (C=O) groups excluding carboxylic acids is 2. The highest BCUT2D eigenvalue weighted by Crippen LogP contribution is 2.19. The summed E-state index contributed by atoms with van der Waals surface area (Å²) in [5, 5.41) is 7.28. The zero-order valence-corrected chi connectivity index (χ0v) is 17.0. The predicted molar refractivity (Wildman–Crippen MR) is 118 cm³/mol. The van der Waals surface area contributed by atoms with E-state index in [1.54, 1.807) is 24.3 Å². The molecule has 152 valence electrons. The van der Waals surface area contributed by atoms with Gasteiger partial charge in [-0.25, -0.2) is 5.43 Å². The van der Waals surface area contributed by atoms with E-state index in [0.29, 0.717) is 28.6 Å². The Morgan fingerprint density at radius 1 is 1.03 bits per heavy atom. The van der Waals surface area contributed by atoms with Crippen LogP contribution in [-0.2, 0) is 11.4 Å². The number of halogens is 1. The Kier molecular flexibility index (Phi) is 7.19. The van der Waals surface area contributed by atoms with Gasteiger partial charge in [-0.2, -0.15) is 5.10 Å². The van der Waals surface area contributed by atoms with E-state index in [1.165, 1.54) is 13.1 Å². The Hall–Kier alpha value is -3.64. The number of amides is 2. The lowest BCUT2D eigenvalue weighted by Crippen LogP contribution is -2.18. The maximum atomic E-state index is 12.3. The van der Waals surface area contributed by atoms with Crippen molar-refractivity contribution in [2.75, 3.05) is 5.32 Å². The van der Waals surface area contributed by atoms with Gasteiger partial charge in [0.05, 0.1) is 6.21 Å². The minimum absolute atomic E-state index is 0.206. The molecule has 0 bridgehead atoms. The lowest BCUT2D eigenvalue weighted by Gasteiger charge is -2.08. The van der Waals surface area contributed by atoms with Gasteiger partial charge in [-0.05, 0) is 42.0 Å². The third kappa shape index (κ3) is 6.18. The molecule has 6 nitrogen and oxygen atoms in total. The number of nitrogens with zero attached hydrogens (tertiary/aromatic N) is 1. The van der Waals surface area contributed by atoms with Crippen molar-refractivity contribution in [3.05, 3.63) is 94.5 Å². The van der Waals surface area contributed by atoms with E-state index in [2.05, 4.69) is 15.8 Å². The molecule has 3 aromatic carbocycles. The number of benzene rings is 3. The fraction of sp³-hybridized carbons (Fsp3) is 0.0870. The highest BCUT2D eigenvalue weighted by Gasteiger charge is 2.06. The molecular formula is C23H20ClN3O3. The molecule has 3 rings (SSSR count). The molecule has 0 radical (unpaired) electrons. The topological polar surface area (TPSA) is 79.8 Å². The van der Waals surface area contributed by atoms with Gasteiger partial charge in [0.25, 0.3) is 5.91 Å². The van der Waals surface area contributed by atoms with Gasteiger partial charge in [-0.1, -0.05) is 48.0 Å². The van der Waals surface area contributed by atoms with Crippen molar-refractivity contribution in [3.63, 3.8) is 0 Å². The molecule has 0 heterocycles. The summed E-state index contributed by atoms with van der Waals surface area (Å²) >= 11 is 6.14. The molecule has 0 aliphatic rings. The van der Waals surface area contributed by atoms with Crippen molar-refractivity contribution < 1.29 is 14.3 Å². The van der Waals surface area contributed by atoms with Crippen molar-refractivity contribution in [2.45, 2.75) is 13.5 Å². The zero-order valence-electron chi connectivity index (χ0n) is 16.3. The highest BCUT2D eigenvalue weighted by atomic mass is 35.5. The van der Waals surface area contributed by atoms with E-state index >= 15 is 0 Å². The Labute approximate surface area is 179 Å². The third-order valence-electron chi connectivity index (χ3n) is 4.04. The molecule has 2 N–H and O–H groups in total. The van der Waals surface area contributed by atoms with Crippen LogP contribution in [0.3, 0.4) is 0 Å². The molecule has 0 aromatic heterocycles. The second kappa shape index (κ2) is 10.2. The van der Waals surface area contributed by atoms with Crippen LogP contribution in [0.2, 0.25) is 5.02 Å². The van der Waals surface area contributed by atoms with E-state index in [9.17, 15) is 9.59 Å². The first-order valence-corrected chi connectivity index (χ1v) is 9.56. The van der Waals surface area contributed by atoms with Crippen LogP contribution < -0.4 is 15.5 Å². The third-order valence-corrected chi connectivity index (χ3v) is 4.40. The summed E-state index contributed by atoms with van der Waals surface area (Å²) in [7, 11) is 0. The summed E-state index contributed by atoms with van der Waals surface area (Å²) in [5.74, 6) is 0.0694. The molecule has 0 fully saturated rings. The molecule has 0 saturated heterocycles. The molecule has 2 amide bonds. The van der Waals surface area contributed by atoms with Crippen LogP contribution >= 0.6 is 11.6 Å². The van der Waals surface area contributed by atoms with Crippen molar-refractivity contribution >= 4 is 35.3 Å². The summed E-state index contributed by atoms with van der Waals surface area (Å²) in [6.45, 7) is 1.75. The number of nitrogens with one attached hydrogen (secondary N) is 2. The Bertz CT molecular complexity index is 1080. The Morgan fingerprint density at radius 3 is 2.63 bits per heavy atom. The van der Waals surface area contributed by atoms with Crippen LogP contribution in [0.25, 0.3) is 0 Å². The first kappa shape index (κ1) is 21.1. The normalized spacial score (nSPS) is 10.6. The minimum Gasteiger partial charge on any atom is -0.489 e. The van der Waals surface area contributed by atoms with Crippen molar-refractivity contribution in [1.82, 2.24) is 5.43 Å². The summed E-state index contributed by atoms with van der Waals surface area (Å²) in [6, 6.07) is 21.4. The first-order valence-electron chi connectivity index (χ1n) is 9.18. The number of hydrazone groups is 1. The van der Waals surface area contributed by atoms with Gasteiger partial charge in [0.1, 0.15) is 12.4 Å². The molecule has 30 heavy (non-hydrogen) atoms. The maximum Gasteiger partial charge on any atom is 0.271 e. The zero-order chi connectivity index (χ0) is 21.3. The second-order valence-corrected chi connectivity index (χ2v) is 6.82. The van der Waals surface area contributed by atoms with Crippen LogP contribution in [0.15, 0.2) is 77.9 Å². The lowest BCUT2D eigenvalue weighted by atomic mass is 10.2. The molecule has 0 spiro atoms. The highest BCUT2D eigenvalue weighted by molar-refractivity contribution is 6.31. The van der Waals surface area contributed by atoms with E-state index in [-0.39, 0.29) is 11.8 Å². The summed E-state index contributed by atoms with van der Waals surface area (Å²) in [4.78, 5) is 23.4. The largest absolute Gasteiger partial charge is 0.489 e. The van der Waals surface area contributed by atoms with Gasteiger partial charge >= 0.3 is 0 Å². The van der Waals surface area contributed by atoms with E-state index < -0.39 is 0 Å². The molecule has 0 unspecified atom stereocenters. The molecule has 7 heteroatoms. The van der Waals surface area contributed by atoms with Crippen molar-refractivity contribution in [2.24, 2.45) is 5.10 Å². The van der Waals surface area contributed by atoms with Gasteiger partial charge in [0, 0.05) is 28.8 Å². The summed E-state index contributed by atoms with van der Waals surface area (Å²) < 4.78 is 5.79. The number of rotatable bonds is 7. The van der Waals surface area contributed by atoms with Crippen molar-refractivity contribution in [3.8, 4) is 5.75 Å². The van der Waals surface area contributed by atoms with Crippen LogP contribution in [0.5, 0.6) is 5.75 Å². The molecule has 0 aliphatic heterocycles. The van der Waals surface area contributed by atoms with Gasteiger partial charge in [0.15, 0.2) is 0 Å². The average Bonchev–Trinajstić information content (AvgIpc) is 2.73. The number of hydrogen-bond donors (Lipinski definition) is 2. The summed E-state index contributed by atoms with van der Waals surface area (Å²) in [5.41, 5.74) is 5.06. The van der Waals surface area contributed by atoms with Crippen LogP contribution in [-0.4, -0.2) is 18.0 Å². The van der Waals surface area contributed by atoms with Crippen LogP contribution in [0, 0.1) is 0 Å².